The molecular weight excluding hydrogens is 533 g/mol. The fraction of sp³-hybridized carbons (Fsp3) is 0.444. The summed E-state index contributed by atoms with van der Waals surface area (Å²) in [6, 6.07) is 7.86. The van der Waals surface area contributed by atoms with Crippen molar-refractivity contribution in [2.24, 2.45) is 11.8 Å². The number of carbonyl (C=O) groups is 5. The Hall–Kier alpha value is -4.33. The zero-order valence-electron chi connectivity index (χ0n) is 23.5. The van der Waals surface area contributed by atoms with Gasteiger partial charge in [0.25, 0.3) is 11.9 Å². The standard InChI is InChI=1S/C27H36BN5O8/c1-17(2)12-22(28(40)41-27(39)19(15-24(35)36)14-23(34)33(3)4)32-25(37)20(13-18-8-6-5-7-9-18)31-26(38)21-16-29-10-11-30-21/h5-11,16-17,19-20,22,40H,12-15H2,1-4H3,(H,31,38)(H,32,37)(H,35,36)/t19?,20-,22-/m0/s1. The number of nitrogens with zero attached hydrogens (tertiary/aromatic N) is 3. The smallest absolute Gasteiger partial charge is 0.508 e. The van der Waals surface area contributed by atoms with Crippen LogP contribution in [0, 0.1) is 11.8 Å². The molecule has 0 spiro atoms. The molecule has 220 valence electrons. The van der Waals surface area contributed by atoms with Gasteiger partial charge in [-0.3, -0.25) is 29.0 Å². The fourth-order valence-corrected chi connectivity index (χ4v) is 3.89. The quantitative estimate of drug-likeness (QED) is 0.220. The van der Waals surface area contributed by atoms with Crippen molar-refractivity contribution in [1.29, 1.82) is 0 Å². The number of rotatable bonds is 15. The number of carbonyl (C=O) groups excluding carboxylic acids is 4. The number of hydrogen-bond acceptors (Lipinski definition) is 9. The molecule has 0 aliphatic carbocycles. The van der Waals surface area contributed by atoms with Gasteiger partial charge >= 0.3 is 13.1 Å². The van der Waals surface area contributed by atoms with Gasteiger partial charge < -0.3 is 30.3 Å². The highest BCUT2D eigenvalue weighted by Gasteiger charge is 2.37. The third-order valence-electron chi connectivity index (χ3n) is 6.01. The zero-order valence-corrected chi connectivity index (χ0v) is 23.5. The van der Waals surface area contributed by atoms with Crippen LogP contribution in [-0.4, -0.2) is 87.9 Å². The first-order valence-electron chi connectivity index (χ1n) is 13.1. The Bertz CT molecular complexity index is 1180. The van der Waals surface area contributed by atoms with Crippen LogP contribution >= 0.6 is 0 Å². The maximum absolute atomic E-state index is 13.5. The summed E-state index contributed by atoms with van der Waals surface area (Å²) in [7, 11) is 1.07. The second-order valence-electron chi connectivity index (χ2n) is 10.2. The van der Waals surface area contributed by atoms with Crippen LogP contribution in [0.5, 0.6) is 0 Å². The number of nitrogens with one attached hydrogen (secondary N) is 2. The third kappa shape index (κ3) is 11.4. The number of hydrogen-bond donors (Lipinski definition) is 4. The Morgan fingerprint density at radius 3 is 2.27 bits per heavy atom. The minimum Gasteiger partial charge on any atom is -0.508 e. The molecule has 0 saturated carbocycles. The molecule has 3 amide bonds. The van der Waals surface area contributed by atoms with Crippen molar-refractivity contribution in [2.45, 2.75) is 51.5 Å². The second-order valence-corrected chi connectivity index (χ2v) is 10.2. The number of carboxylic acids is 1. The Balaban J connectivity index is 2.23. The Morgan fingerprint density at radius 1 is 1.02 bits per heavy atom. The van der Waals surface area contributed by atoms with Gasteiger partial charge in [-0.05, 0) is 17.9 Å². The molecular formula is C27H36BN5O8. The highest BCUT2D eigenvalue weighted by molar-refractivity contribution is 6.47. The van der Waals surface area contributed by atoms with Crippen LogP contribution in [0.1, 0.15) is 49.2 Å². The summed E-state index contributed by atoms with van der Waals surface area (Å²) >= 11 is 0. The van der Waals surface area contributed by atoms with E-state index in [1.807, 2.05) is 19.9 Å². The van der Waals surface area contributed by atoms with Gasteiger partial charge in [-0.25, -0.2) is 4.98 Å². The minimum atomic E-state index is -1.85. The van der Waals surface area contributed by atoms with Crippen LogP contribution in [0.15, 0.2) is 48.9 Å². The van der Waals surface area contributed by atoms with E-state index in [2.05, 4.69) is 20.6 Å². The SMILES string of the molecule is CC(C)C[C@H](NC(=O)[C@H](Cc1ccccc1)NC(=O)c1cnccn1)B(O)OC(=O)C(CC(=O)O)CC(=O)N(C)C. The van der Waals surface area contributed by atoms with Gasteiger partial charge in [-0.1, -0.05) is 44.2 Å². The van der Waals surface area contributed by atoms with Crippen molar-refractivity contribution in [3.8, 4) is 0 Å². The summed E-state index contributed by atoms with van der Waals surface area (Å²) in [5.74, 6) is -6.70. The van der Waals surface area contributed by atoms with Crippen LogP contribution < -0.4 is 10.6 Å². The summed E-state index contributed by atoms with van der Waals surface area (Å²) in [6.07, 6.45) is 3.18. The number of carboxylic acid groups (broad SMARTS) is 1. The molecule has 41 heavy (non-hydrogen) atoms. The van der Waals surface area contributed by atoms with Gasteiger partial charge in [0.15, 0.2) is 0 Å². The number of aromatic nitrogens is 2. The van der Waals surface area contributed by atoms with Crippen molar-refractivity contribution in [1.82, 2.24) is 25.5 Å². The number of benzene rings is 1. The van der Waals surface area contributed by atoms with E-state index in [1.54, 1.807) is 24.3 Å². The average molecular weight is 569 g/mol. The van der Waals surface area contributed by atoms with E-state index in [9.17, 15) is 34.1 Å². The largest absolute Gasteiger partial charge is 0.548 e. The van der Waals surface area contributed by atoms with Crippen LogP contribution in [0.3, 0.4) is 0 Å². The van der Waals surface area contributed by atoms with Crippen molar-refractivity contribution < 1.29 is 38.8 Å². The Kier molecular flexibility index (Phi) is 12.9. The predicted octanol–water partition coefficient (Wildman–Crippen LogP) is 0.481. The minimum absolute atomic E-state index is 0.00259. The molecule has 1 unspecified atom stereocenters. The lowest BCUT2D eigenvalue weighted by molar-refractivity contribution is -0.149. The second kappa shape index (κ2) is 16.1. The van der Waals surface area contributed by atoms with Crippen LogP contribution in [-0.2, 0) is 30.3 Å². The normalized spacial score (nSPS) is 12.9. The number of amides is 3. The molecule has 0 bridgehead atoms. The van der Waals surface area contributed by atoms with Gasteiger partial charge in [0.1, 0.15) is 11.7 Å². The fourth-order valence-electron chi connectivity index (χ4n) is 3.89. The van der Waals surface area contributed by atoms with E-state index in [4.69, 9.17) is 4.65 Å². The van der Waals surface area contributed by atoms with Gasteiger partial charge in [0, 0.05) is 39.3 Å². The molecule has 4 N–H and O–H groups in total. The first-order valence-corrected chi connectivity index (χ1v) is 13.1. The predicted molar refractivity (Wildman–Crippen MR) is 148 cm³/mol. The van der Waals surface area contributed by atoms with E-state index in [0.29, 0.717) is 0 Å². The summed E-state index contributed by atoms with van der Waals surface area (Å²) in [5.41, 5.74) is 0.754. The van der Waals surface area contributed by atoms with Gasteiger partial charge in [0.05, 0.1) is 24.5 Å². The lowest BCUT2D eigenvalue weighted by Crippen LogP contribution is -2.56. The molecule has 0 aliphatic rings. The maximum Gasteiger partial charge on any atom is 0.548 e. The molecule has 0 aliphatic heterocycles. The topological polar surface area (TPSA) is 188 Å². The molecule has 1 heterocycles. The van der Waals surface area contributed by atoms with Gasteiger partial charge in [-0.15, -0.1) is 0 Å². The van der Waals surface area contributed by atoms with Crippen molar-refractivity contribution in [2.75, 3.05) is 14.1 Å². The molecule has 1 aromatic heterocycles. The maximum atomic E-state index is 13.5. The third-order valence-corrected chi connectivity index (χ3v) is 6.01. The molecule has 0 fully saturated rings. The molecule has 14 heteroatoms. The monoisotopic (exact) mass is 569 g/mol. The lowest BCUT2D eigenvalue weighted by Gasteiger charge is -2.26. The summed E-state index contributed by atoms with van der Waals surface area (Å²) in [6.45, 7) is 3.65. The molecule has 1 aromatic carbocycles. The van der Waals surface area contributed by atoms with E-state index >= 15 is 0 Å². The molecule has 2 aromatic rings. The van der Waals surface area contributed by atoms with E-state index in [0.717, 1.165) is 5.56 Å². The van der Waals surface area contributed by atoms with E-state index in [1.165, 1.54) is 37.6 Å². The van der Waals surface area contributed by atoms with Gasteiger partial charge in [0.2, 0.25) is 11.8 Å². The van der Waals surface area contributed by atoms with Crippen LogP contribution in [0.25, 0.3) is 0 Å². The highest BCUT2D eigenvalue weighted by Crippen LogP contribution is 2.16. The van der Waals surface area contributed by atoms with E-state index < -0.39 is 67.5 Å². The summed E-state index contributed by atoms with van der Waals surface area (Å²) < 4.78 is 5.17. The Morgan fingerprint density at radius 2 is 1.71 bits per heavy atom. The molecule has 2 rings (SSSR count). The van der Waals surface area contributed by atoms with Crippen molar-refractivity contribution >= 4 is 36.8 Å². The first-order chi connectivity index (χ1) is 19.4. The van der Waals surface area contributed by atoms with Crippen LogP contribution in [0.2, 0.25) is 0 Å². The zero-order chi connectivity index (χ0) is 30.5. The van der Waals surface area contributed by atoms with Crippen molar-refractivity contribution in [3.63, 3.8) is 0 Å². The first kappa shape index (κ1) is 32.9. The average Bonchev–Trinajstić information content (AvgIpc) is 2.92. The van der Waals surface area contributed by atoms with Crippen LogP contribution in [0.4, 0.5) is 0 Å². The summed E-state index contributed by atoms with van der Waals surface area (Å²) in [5, 5.41) is 25.3. The molecule has 3 atom stereocenters. The molecule has 0 radical (unpaired) electrons. The molecule has 13 nitrogen and oxygen atoms in total. The molecule has 0 saturated heterocycles. The summed E-state index contributed by atoms with van der Waals surface area (Å²) in [4.78, 5) is 71.5. The van der Waals surface area contributed by atoms with E-state index in [-0.39, 0.29) is 24.5 Å². The van der Waals surface area contributed by atoms with Crippen molar-refractivity contribution in [3.05, 3.63) is 60.2 Å². The van der Waals surface area contributed by atoms with Gasteiger partial charge in [-0.2, -0.15) is 0 Å². The highest BCUT2D eigenvalue weighted by atomic mass is 16.6. The Labute approximate surface area is 238 Å². The lowest BCUT2D eigenvalue weighted by atomic mass is 9.74. The number of aliphatic carboxylic acids is 1.